The Morgan fingerprint density at radius 3 is 2.73 bits per heavy atom. The van der Waals surface area contributed by atoms with E-state index >= 15 is 0 Å². The summed E-state index contributed by atoms with van der Waals surface area (Å²) in [7, 11) is 0. The fourth-order valence-corrected chi connectivity index (χ4v) is 2.62. The van der Waals surface area contributed by atoms with Crippen LogP contribution < -0.4 is 4.74 Å². The van der Waals surface area contributed by atoms with Gasteiger partial charge in [-0.2, -0.15) is 13.2 Å². The van der Waals surface area contributed by atoms with Gasteiger partial charge in [0.15, 0.2) is 0 Å². The number of amides is 1. The topological polar surface area (TPSA) is 51.7 Å². The fourth-order valence-electron chi connectivity index (χ4n) is 2.62. The number of halogens is 3. The molecule has 1 aliphatic heterocycles. The number of carbonyl (C=O) groups is 1. The van der Waals surface area contributed by atoms with Gasteiger partial charge >= 0.3 is 12.3 Å². The Labute approximate surface area is 148 Å². The molecule has 1 aromatic heterocycles. The lowest BCUT2D eigenvalue weighted by Gasteiger charge is -2.17. The molecule has 1 saturated heterocycles. The van der Waals surface area contributed by atoms with Crippen LogP contribution >= 0.6 is 0 Å². The number of likely N-dealkylation sites (tertiary alicyclic amines) is 1. The van der Waals surface area contributed by atoms with Crippen LogP contribution in [0.25, 0.3) is 0 Å². The van der Waals surface area contributed by atoms with Crippen molar-refractivity contribution < 1.29 is 27.4 Å². The molecule has 1 aromatic carbocycles. The van der Waals surface area contributed by atoms with Crippen LogP contribution in [0.1, 0.15) is 17.5 Å². The van der Waals surface area contributed by atoms with Gasteiger partial charge in [-0.25, -0.2) is 9.78 Å². The first kappa shape index (κ1) is 18.0. The van der Waals surface area contributed by atoms with Crippen LogP contribution in [0.15, 0.2) is 48.7 Å². The molecule has 1 amide bonds. The van der Waals surface area contributed by atoms with E-state index < -0.39 is 23.9 Å². The second-order valence-electron chi connectivity index (χ2n) is 5.90. The number of benzene rings is 1. The van der Waals surface area contributed by atoms with E-state index in [1.807, 2.05) is 30.3 Å². The van der Waals surface area contributed by atoms with Crippen molar-refractivity contribution in [2.45, 2.75) is 25.3 Å². The van der Waals surface area contributed by atoms with E-state index in [1.165, 1.54) is 4.90 Å². The van der Waals surface area contributed by atoms with Crippen LogP contribution in [0, 0.1) is 0 Å². The van der Waals surface area contributed by atoms with Crippen LogP contribution in [0.3, 0.4) is 0 Å². The Morgan fingerprint density at radius 1 is 1.23 bits per heavy atom. The predicted octanol–water partition coefficient (Wildman–Crippen LogP) is 3.89. The third-order valence-corrected chi connectivity index (χ3v) is 3.96. The standard InChI is InChI=1S/C18H17F3N2O3/c19-18(20,21)14-6-8-22-16(10-14)26-15-7-9-23(11-15)17(24)25-12-13-4-2-1-3-5-13/h1-6,8,10,15H,7,9,11-12H2. The summed E-state index contributed by atoms with van der Waals surface area (Å²) < 4.78 is 48.9. The van der Waals surface area contributed by atoms with Gasteiger partial charge in [-0.15, -0.1) is 0 Å². The number of nitrogens with zero attached hydrogens (tertiary/aromatic N) is 2. The lowest BCUT2D eigenvalue weighted by Crippen LogP contribution is -2.31. The van der Waals surface area contributed by atoms with Crippen molar-refractivity contribution >= 4 is 6.09 Å². The van der Waals surface area contributed by atoms with E-state index in [9.17, 15) is 18.0 Å². The molecule has 3 rings (SSSR count). The van der Waals surface area contributed by atoms with E-state index in [-0.39, 0.29) is 19.0 Å². The van der Waals surface area contributed by atoms with E-state index in [1.54, 1.807) is 0 Å². The monoisotopic (exact) mass is 366 g/mol. The SMILES string of the molecule is O=C(OCc1ccccc1)N1CCC(Oc2cc(C(F)(F)F)ccn2)C1. The zero-order chi connectivity index (χ0) is 18.6. The lowest BCUT2D eigenvalue weighted by atomic mass is 10.2. The third-order valence-electron chi connectivity index (χ3n) is 3.96. The molecule has 2 heterocycles. The molecule has 8 heteroatoms. The molecule has 0 bridgehead atoms. The molecule has 1 unspecified atom stereocenters. The first-order chi connectivity index (χ1) is 12.4. The second-order valence-corrected chi connectivity index (χ2v) is 5.90. The van der Waals surface area contributed by atoms with Crippen LogP contribution in [0.5, 0.6) is 5.88 Å². The first-order valence-electron chi connectivity index (χ1n) is 8.07. The van der Waals surface area contributed by atoms with Crippen molar-refractivity contribution in [3.8, 4) is 5.88 Å². The minimum atomic E-state index is -4.45. The molecule has 5 nitrogen and oxygen atoms in total. The maximum Gasteiger partial charge on any atom is 0.416 e. The van der Waals surface area contributed by atoms with Gasteiger partial charge in [0.25, 0.3) is 0 Å². The van der Waals surface area contributed by atoms with E-state index in [2.05, 4.69) is 4.98 Å². The molecule has 138 valence electrons. The van der Waals surface area contributed by atoms with Gasteiger partial charge in [-0.3, -0.25) is 0 Å². The first-order valence-corrected chi connectivity index (χ1v) is 8.07. The Kier molecular flexibility index (Phi) is 5.29. The molecule has 0 aliphatic carbocycles. The number of hydrogen-bond donors (Lipinski definition) is 0. The minimum Gasteiger partial charge on any atom is -0.472 e. The quantitative estimate of drug-likeness (QED) is 0.824. The highest BCUT2D eigenvalue weighted by atomic mass is 19.4. The van der Waals surface area contributed by atoms with Crippen LogP contribution in [0.4, 0.5) is 18.0 Å². The zero-order valence-corrected chi connectivity index (χ0v) is 13.8. The van der Waals surface area contributed by atoms with Crippen molar-refractivity contribution in [1.29, 1.82) is 0 Å². The van der Waals surface area contributed by atoms with Gasteiger partial charge in [0.2, 0.25) is 5.88 Å². The largest absolute Gasteiger partial charge is 0.472 e. The van der Waals surface area contributed by atoms with Gasteiger partial charge in [0, 0.05) is 25.2 Å². The third kappa shape index (κ3) is 4.65. The number of alkyl halides is 3. The molecular formula is C18H17F3N2O3. The summed E-state index contributed by atoms with van der Waals surface area (Å²) >= 11 is 0. The van der Waals surface area contributed by atoms with Crippen molar-refractivity contribution in [1.82, 2.24) is 9.88 Å². The predicted molar refractivity (Wildman–Crippen MR) is 86.5 cm³/mol. The number of ether oxygens (including phenoxy) is 2. The maximum atomic E-state index is 12.7. The van der Waals surface area contributed by atoms with Crippen LogP contribution in [-0.4, -0.2) is 35.2 Å². The molecule has 0 radical (unpaired) electrons. The van der Waals surface area contributed by atoms with Crippen LogP contribution in [0.2, 0.25) is 0 Å². The van der Waals surface area contributed by atoms with Crippen molar-refractivity contribution in [2.24, 2.45) is 0 Å². The van der Waals surface area contributed by atoms with Gasteiger partial charge in [-0.1, -0.05) is 30.3 Å². The van der Waals surface area contributed by atoms with Crippen molar-refractivity contribution in [3.05, 3.63) is 59.8 Å². The molecule has 0 N–H and O–H groups in total. The highest BCUT2D eigenvalue weighted by Crippen LogP contribution is 2.31. The van der Waals surface area contributed by atoms with Gasteiger partial charge in [-0.05, 0) is 11.6 Å². The second kappa shape index (κ2) is 7.63. The Balaban J connectivity index is 1.51. The summed E-state index contributed by atoms with van der Waals surface area (Å²) in [6.07, 6.45) is -3.80. The normalized spacial score (nSPS) is 17.2. The van der Waals surface area contributed by atoms with Crippen LogP contribution in [-0.2, 0) is 17.5 Å². The molecule has 0 spiro atoms. The Morgan fingerprint density at radius 2 is 2.00 bits per heavy atom. The molecule has 2 aromatic rings. The highest BCUT2D eigenvalue weighted by molar-refractivity contribution is 5.68. The number of pyridine rings is 1. The summed E-state index contributed by atoms with van der Waals surface area (Å²) in [4.78, 5) is 17.4. The van der Waals surface area contributed by atoms with Crippen molar-refractivity contribution in [3.63, 3.8) is 0 Å². The van der Waals surface area contributed by atoms with E-state index in [4.69, 9.17) is 9.47 Å². The number of rotatable bonds is 4. The number of carbonyl (C=O) groups excluding carboxylic acids is 1. The Hall–Kier alpha value is -2.77. The molecule has 1 atom stereocenters. The summed E-state index contributed by atoms with van der Waals surface area (Å²) in [5, 5.41) is 0. The maximum absolute atomic E-state index is 12.7. The van der Waals surface area contributed by atoms with E-state index in [0.717, 1.165) is 23.9 Å². The lowest BCUT2D eigenvalue weighted by molar-refractivity contribution is -0.137. The number of aromatic nitrogens is 1. The molecule has 1 aliphatic rings. The molecule has 0 saturated carbocycles. The average Bonchev–Trinajstić information content (AvgIpc) is 3.09. The average molecular weight is 366 g/mol. The summed E-state index contributed by atoms with van der Waals surface area (Å²) in [5.74, 6) is -0.107. The molecular weight excluding hydrogens is 349 g/mol. The summed E-state index contributed by atoms with van der Waals surface area (Å²) in [5.41, 5.74) is 0.0561. The molecule has 1 fully saturated rings. The summed E-state index contributed by atoms with van der Waals surface area (Å²) in [6, 6.07) is 11.0. The van der Waals surface area contributed by atoms with Gasteiger partial charge in [0.05, 0.1) is 12.1 Å². The fraction of sp³-hybridized carbons (Fsp3) is 0.333. The van der Waals surface area contributed by atoms with Crippen molar-refractivity contribution in [2.75, 3.05) is 13.1 Å². The van der Waals surface area contributed by atoms with E-state index in [0.29, 0.717) is 13.0 Å². The summed E-state index contributed by atoms with van der Waals surface area (Å²) in [6.45, 7) is 0.819. The van der Waals surface area contributed by atoms with Gasteiger partial charge in [0.1, 0.15) is 12.7 Å². The Bertz CT molecular complexity index is 753. The number of hydrogen-bond acceptors (Lipinski definition) is 4. The zero-order valence-electron chi connectivity index (χ0n) is 13.8. The highest BCUT2D eigenvalue weighted by Gasteiger charge is 2.32. The minimum absolute atomic E-state index is 0.107. The smallest absolute Gasteiger partial charge is 0.416 e. The molecule has 26 heavy (non-hydrogen) atoms. The van der Waals surface area contributed by atoms with Gasteiger partial charge < -0.3 is 14.4 Å².